The Bertz CT molecular complexity index is 543. The van der Waals surface area contributed by atoms with E-state index in [1.165, 1.54) is 0 Å². The van der Waals surface area contributed by atoms with Crippen molar-refractivity contribution in [2.75, 3.05) is 38.2 Å². The first-order chi connectivity index (χ1) is 10.8. The first-order valence-corrected chi connectivity index (χ1v) is 7.86. The minimum atomic E-state index is -0.276. The van der Waals surface area contributed by atoms with Gasteiger partial charge in [0.1, 0.15) is 0 Å². The zero-order chi connectivity index (χ0) is 16.9. The number of hydrogen-bond donors (Lipinski definition) is 2. The zero-order valence-corrected chi connectivity index (χ0v) is 14.0. The molecule has 0 bridgehead atoms. The van der Waals surface area contributed by atoms with Crippen molar-refractivity contribution in [1.29, 1.82) is 0 Å². The lowest BCUT2D eigenvalue weighted by atomic mass is 10.1. The van der Waals surface area contributed by atoms with Crippen molar-refractivity contribution in [3.63, 3.8) is 0 Å². The highest BCUT2D eigenvalue weighted by molar-refractivity contribution is 5.96. The van der Waals surface area contributed by atoms with E-state index in [-0.39, 0.29) is 17.4 Å². The van der Waals surface area contributed by atoms with Crippen LogP contribution in [0.2, 0.25) is 0 Å². The minimum absolute atomic E-state index is 0.0567. The Morgan fingerprint density at radius 3 is 2.30 bits per heavy atom. The minimum Gasteiger partial charge on any atom is -0.379 e. The van der Waals surface area contributed by atoms with Gasteiger partial charge in [0, 0.05) is 29.9 Å². The maximum absolute atomic E-state index is 12.0. The molecule has 1 aliphatic heterocycles. The molecule has 0 unspecified atom stereocenters. The Labute approximate surface area is 137 Å². The van der Waals surface area contributed by atoms with Gasteiger partial charge in [-0.05, 0) is 45.0 Å². The Hall–Kier alpha value is -1.92. The maximum atomic E-state index is 12.0. The van der Waals surface area contributed by atoms with Crippen molar-refractivity contribution >= 4 is 17.5 Å². The number of nitrogens with one attached hydrogen (secondary N) is 2. The van der Waals surface area contributed by atoms with Gasteiger partial charge in [0.05, 0.1) is 19.8 Å². The fourth-order valence-corrected chi connectivity index (χ4v) is 2.28. The van der Waals surface area contributed by atoms with Gasteiger partial charge >= 0.3 is 0 Å². The zero-order valence-electron chi connectivity index (χ0n) is 14.0. The molecule has 0 aromatic heterocycles. The summed E-state index contributed by atoms with van der Waals surface area (Å²) >= 11 is 0. The predicted molar refractivity (Wildman–Crippen MR) is 89.5 cm³/mol. The van der Waals surface area contributed by atoms with Crippen LogP contribution in [0, 0.1) is 0 Å². The number of rotatable bonds is 4. The molecule has 1 aromatic rings. The summed E-state index contributed by atoms with van der Waals surface area (Å²) in [4.78, 5) is 26.1. The molecule has 23 heavy (non-hydrogen) atoms. The monoisotopic (exact) mass is 319 g/mol. The summed E-state index contributed by atoms with van der Waals surface area (Å²) in [5.41, 5.74) is 0.990. The lowest BCUT2D eigenvalue weighted by Gasteiger charge is -2.25. The van der Waals surface area contributed by atoms with E-state index in [4.69, 9.17) is 4.74 Å². The second kappa shape index (κ2) is 7.57. The van der Waals surface area contributed by atoms with E-state index in [0.717, 1.165) is 13.1 Å². The number of benzene rings is 1. The molecule has 1 aliphatic rings. The van der Waals surface area contributed by atoms with Crippen LogP contribution in [0.4, 0.5) is 5.69 Å². The number of amides is 2. The first kappa shape index (κ1) is 17.4. The van der Waals surface area contributed by atoms with Crippen molar-refractivity contribution in [1.82, 2.24) is 10.2 Å². The summed E-state index contributed by atoms with van der Waals surface area (Å²) in [5, 5.41) is 5.76. The van der Waals surface area contributed by atoms with Crippen LogP contribution in [0.5, 0.6) is 0 Å². The highest BCUT2D eigenvalue weighted by atomic mass is 16.5. The van der Waals surface area contributed by atoms with Gasteiger partial charge < -0.3 is 15.4 Å². The molecular formula is C17H25N3O3. The fraction of sp³-hybridized carbons (Fsp3) is 0.529. The Morgan fingerprint density at radius 2 is 1.74 bits per heavy atom. The van der Waals surface area contributed by atoms with Gasteiger partial charge in [-0.2, -0.15) is 0 Å². The molecule has 2 amide bonds. The van der Waals surface area contributed by atoms with Gasteiger partial charge in [-0.1, -0.05) is 0 Å². The maximum Gasteiger partial charge on any atom is 0.251 e. The van der Waals surface area contributed by atoms with Gasteiger partial charge in [0.2, 0.25) is 5.91 Å². The van der Waals surface area contributed by atoms with E-state index < -0.39 is 0 Å². The number of anilines is 1. The highest BCUT2D eigenvalue weighted by Crippen LogP contribution is 2.11. The second-order valence-corrected chi connectivity index (χ2v) is 6.72. The molecule has 0 aliphatic carbocycles. The number of morpholine rings is 1. The smallest absolute Gasteiger partial charge is 0.251 e. The third-order valence-electron chi connectivity index (χ3n) is 3.39. The lowest BCUT2D eigenvalue weighted by Crippen LogP contribution is -2.41. The molecule has 0 radical (unpaired) electrons. The molecule has 126 valence electrons. The van der Waals surface area contributed by atoms with Crippen LogP contribution in [0.15, 0.2) is 24.3 Å². The molecule has 1 saturated heterocycles. The molecule has 0 saturated carbocycles. The number of ether oxygens (including phenoxy) is 1. The molecule has 1 heterocycles. The summed E-state index contributed by atoms with van der Waals surface area (Å²) in [6.45, 7) is 9.06. The van der Waals surface area contributed by atoms with Crippen LogP contribution < -0.4 is 10.6 Å². The molecule has 1 fully saturated rings. The summed E-state index contributed by atoms with van der Waals surface area (Å²) in [7, 11) is 0. The van der Waals surface area contributed by atoms with E-state index in [2.05, 4.69) is 15.5 Å². The van der Waals surface area contributed by atoms with E-state index in [1.54, 1.807) is 24.3 Å². The number of carbonyl (C=O) groups is 2. The summed E-state index contributed by atoms with van der Waals surface area (Å²) in [5.74, 6) is -0.178. The first-order valence-electron chi connectivity index (χ1n) is 7.86. The quantitative estimate of drug-likeness (QED) is 0.882. The lowest BCUT2D eigenvalue weighted by molar-refractivity contribution is -0.118. The summed E-state index contributed by atoms with van der Waals surface area (Å²) < 4.78 is 5.26. The van der Waals surface area contributed by atoms with Crippen LogP contribution in [0.25, 0.3) is 0 Å². The average molecular weight is 319 g/mol. The van der Waals surface area contributed by atoms with Crippen molar-refractivity contribution in [2.45, 2.75) is 26.3 Å². The van der Waals surface area contributed by atoms with Crippen molar-refractivity contribution in [3.8, 4) is 0 Å². The molecule has 0 atom stereocenters. The van der Waals surface area contributed by atoms with Gasteiger partial charge in [0.15, 0.2) is 0 Å². The molecule has 1 aromatic carbocycles. The van der Waals surface area contributed by atoms with Crippen molar-refractivity contribution in [3.05, 3.63) is 29.8 Å². The predicted octanol–water partition coefficient (Wildman–Crippen LogP) is 1.49. The number of nitrogens with zero attached hydrogens (tertiary/aromatic N) is 1. The third-order valence-corrected chi connectivity index (χ3v) is 3.39. The van der Waals surface area contributed by atoms with Crippen molar-refractivity contribution in [2.24, 2.45) is 0 Å². The van der Waals surface area contributed by atoms with E-state index in [0.29, 0.717) is 31.0 Å². The van der Waals surface area contributed by atoms with E-state index in [1.807, 2.05) is 20.8 Å². The third kappa shape index (κ3) is 6.00. The highest BCUT2D eigenvalue weighted by Gasteiger charge is 2.16. The van der Waals surface area contributed by atoms with E-state index >= 15 is 0 Å². The van der Waals surface area contributed by atoms with E-state index in [9.17, 15) is 9.59 Å². The normalized spacial score (nSPS) is 16.0. The molecule has 6 heteroatoms. The molecule has 2 N–H and O–H groups in total. The average Bonchev–Trinajstić information content (AvgIpc) is 2.47. The van der Waals surface area contributed by atoms with Gasteiger partial charge in [-0.15, -0.1) is 0 Å². The molecule has 6 nitrogen and oxygen atoms in total. The van der Waals surface area contributed by atoms with Gasteiger partial charge in [-0.3, -0.25) is 14.5 Å². The molecule has 0 spiro atoms. The summed E-state index contributed by atoms with van der Waals surface area (Å²) in [6.07, 6.45) is 0. The number of carbonyl (C=O) groups excluding carboxylic acids is 2. The molecular weight excluding hydrogens is 294 g/mol. The van der Waals surface area contributed by atoms with Crippen LogP contribution in [0.1, 0.15) is 31.1 Å². The Balaban J connectivity index is 1.86. The van der Waals surface area contributed by atoms with Crippen LogP contribution >= 0.6 is 0 Å². The summed E-state index contributed by atoms with van der Waals surface area (Å²) in [6, 6.07) is 6.92. The molecule has 2 rings (SSSR count). The van der Waals surface area contributed by atoms with Crippen LogP contribution in [0.3, 0.4) is 0 Å². The number of hydrogen-bond acceptors (Lipinski definition) is 4. The van der Waals surface area contributed by atoms with Crippen molar-refractivity contribution < 1.29 is 14.3 Å². The standard InChI is InChI=1S/C17H25N3O3/c1-17(2,3)19-16(22)13-4-6-14(7-5-13)18-15(21)12-20-8-10-23-11-9-20/h4-7H,8-12H2,1-3H3,(H,18,21)(H,19,22). The van der Waals surface area contributed by atoms with Crippen LogP contribution in [-0.2, 0) is 9.53 Å². The van der Waals surface area contributed by atoms with Crippen LogP contribution in [-0.4, -0.2) is 55.1 Å². The van der Waals surface area contributed by atoms with Gasteiger partial charge in [-0.25, -0.2) is 0 Å². The fourth-order valence-electron chi connectivity index (χ4n) is 2.28. The second-order valence-electron chi connectivity index (χ2n) is 6.72. The SMILES string of the molecule is CC(C)(C)NC(=O)c1ccc(NC(=O)CN2CCOCC2)cc1. The topological polar surface area (TPSA) is 70.7 Å². The largest absolute Gasteiger partial charge is 0.379 e. The van der Waals surface area contributed by atoms with Gasteiger partial charge in [0.25, 0.3) is 5.91 Å². The Morgan fingerprint density at radius 1 is 1.13 bits per heavy atom. The Kier molecular flexibility index (Phi) is 5.74.